The zero-order chi connectivity index (χ0) is 28.1. The molecule has 0 aliphatic carbocycles. The molecule has 2 aromatic heterocycles. The van der Waals surface area contributed by atoms with Crippen LogP contribution in [-0.2, 0) is 27.2 Å². The van der Waals surface area contributed by atoms with E-state index in [0.29, 0.717) is 43.4 Å². The first-order valence-corrected chi connectivity index (χ1v) is 12.9. The molecule has 3 amide bonds. The van der Waals surface area contributed by atoms with Crippen molar-refractivity contribution in [2.24, 2.45) is 0 Å². The number of nitrogens with one attached hydrogen (secondary N) is 1. The van der Waals surface area contributed by atoms with Crippen LogP contribution in [0.3, 0.4) is 0 Å². The summed E-state index contributed by atoms with van der Waals surface area (Å²) in [7, 11) is 4.98. The summed E-state index contributed by atoms with van der Waals surface area (Å²) in [5.41, 5.74) is 2.54. The molecule has 0 atom stereocenters. The Labute approximate surface area is 228 Å². The van der Waals surface area contributed by atoms with Crippen LogP contribution < -0.4 is 15.0 Å². The number of aromatic nitrogens is 2. The Kier molecular flexibility index (Phi) is 8.96. The summed E-state index contributed by atoms with van der Waals surface area (Å²) < 4.78 is 16.8. The minimum absolute atomic E-state index is 0.0514. The smallest absolute Gasteiger partial charge is 0.328 e. The fourth-order valence-corrected chi connectivity index (χ4v) is 4.72. The van der Waals surface area contributed by atoms with E-state index >= 15 is 0 Å². The van der Waals surface area contributed by atoms with Gasteiger partial charge in [0.1, 0.15) is 34.7 Å². The molecule has 0 bridgehead atoms. The number of aryl methyl sites for hydroxylation is 1. The number of amides is 3. The van der Waals surface area contributed by atoms with Gasteiger partial charge in [-0.1, -0.05) is 0 Å². The molecule has 1 N–H and O–H groups in total. The number of hydrogen-bond donors (Lipinski definition) is 1. The standard InChI is InChI=1S/C27H35N7O5/c1-17(2)39-21-12-22(29-14-20(21)13-28)30-27(36)34-8-6-7-18-11-19(15-33-10-9-32(3)16-23(33)35)24(31-25(18)34)26(37-4)38-5/h11-12,14,17,26H,6-10,15-16H2,1-5H3,(H,29,30,36). The molecule has 2 aliphatic heterocycles. The number of rotatable bonds is 8. The molecule has 0 radical (unpaired) electrons. The van der Waals surface area contributed by atoms with E-state index in [1.807, 2.05) is 36.8 Å². The Morgan fingerprint density at radius 2 is 1.97 bits per heavy atom. The van der Waals surface area contributed by atoms with Gasteiger partial charge in [-0.25, -0.2) is 14.8 Å². The highest BCUT2D eigenvalue weighted by Gasteiger charge is 2.30. The molecule has 39 heavy (non-hydrogen) atoms. The van der Waals surface area contributed by atoms with Crippen molar-refractivity contribution < 1.29 is 23.8 Å². The number of pyridine rings is 2. The number of hydrogen-bond acceptors (Lipinski definition) is 9. The Morgan fingerprint density at radius 1 is 1.21 bits per heavy atom. The van der Waals surface area contributed by atoms with Crippen LogP contribution >= 0.6 is 0 Å². The van der Waals surface area contributed by atoms with Crippen molar-refractivity contribution >= 4 is 23.6 Å². The Morgan fingerprint density at radius 3 is 2.64 bits per heavy atom. The van der Waals surface area contributed by atoms with Crippen LogP contribution in [0.1, 0.15) is 48.9 Å². The zero-order valence-electron chi connectivity index (χ0n) is 23.1. The Balaban J connectivity index is 1.63. The molecule has 2 aliphatic rings. The molecule has 4 rings (SSSR count). The van der Waals surface area contributed by atoms with Gasteiger partial charge >= 0.3 is 6.03 Å². The summed E-state index contributed by atoms with van der Waals surface area (Å²) in [6.07, 6.45) is 1.94. The molecule has 0 saturated carbocycles. The van der Waals surface area contributed by atoms with Gasteiger partial charge in [0, 0.05) is 46.5 Å². The Hall–Kier alpha value is -3.79. The van der Waals surface area contributed by atoms with Gasteiger partial charge in [0.05, 0.1) is 18.8 Å². The van der Waals surface area contributed by atoms with Gasteiger partial charge in [-0.05, 0) is 50.9 Å². The highest BCUT2D eigenvalue weighted by molar-refractivity contribution is 6.01. The molecule has 208 valence electrons. The number of nitrogens with zero attached hydrogens (tertiary/aromatic N) is 6. The van der Waals surface area contributed by atoms with E-state index in [1.165, 1.54) is 20.4 Å². The van der Waals surface area contributed by atoms with E-state index < -0.39 is 12.3 Å². The number of urea groups is 1. The van der Waals surface area contributed by atoms with Crippen molar-refractivity contribution in [3.05, 3.63) is 40.7 Å². The third-order valence-corrected chi connectivity index (χ3v) is 6.63. The summed E-state index contributed by atoms with van der Waals surface area (Å²) in [6.45, 7) is 6.32. The van der Waals surface area contributed by atoms with Gasteiger partial charge in [-0.3, -0.25) is 19.9 Å². The lowest BCUT2D eigenvalue weighted by Crippen LogP contribution is -2.48. The van der Waals surface area contributed by atoms with Gasteiger partial charge in [0.2, 0.25) is 12.2 Å². The molecule has 0 unspecified atom stereocenters. The lowest BCUT2D eigenvalue weighted by atomic mass is 10.0. The summed E-state index contributed by atoms with van der Waals surface area (Å²) >= 11 is 0. The van der Waals surface area contributed by atoms with E-state index in [1.54, 1.807) is 11.0 Å². The molecule has 0 aromatic carbocycles. The average molecular weight is 538 g/mol. The van der Waals surface area contributed by atoms with Crippen molar-refractivity contribution in [1.82, 2.24) is 19.8 Å². The maximum Gasteiger partial charge on any atom is 0.328 e. The second-order valence-electron chi connectivity index (χ2n) is 9.90. The fourth-order valence-electron chi connectivity index (χ4n) is 4.72. The summed E-state index contributed by atoms with van der Waals surface area (Å²) in [6, 6.07) is 5.19. The lowest BCUT2D eigenvalue weighted by Gasteiger charge is -2.34. The van der Waals surface area contributed by atoms with Crippen LogP contribution in [0.4, 0.5) is 16.4 Å². The number of piperazine rings is 1. The number of likely N-dealkylation sites (N-methyl/N-ethyl adjacent to an activating group) is 1. The van der Waals surface area contributed by atoms with Crippen molar-refractivity contribution in [2.75, 3.05) is 57.7 Å². The van der Waals surface area contributed by atoms with Crippen molar-refractivity contribution in [3.8, 4) is 11.8 Å². The number of anilines is 2. The minimum Gasteiger partial charge on any atom is -0.489 e. The zero-order valence-corrected chi connectivity index (χ0v) is 23.1. The number of carbonyl (C=O) groups excluding carboxylic acids is 2. The second-order valence-corrected chi connectivity index (χ2v) is 9.90. The van der Waals surface area contributed by atoms with E-state index in [2.05, 4.69) is 16.4 Å². The molecular weight excluding hydrogens is 502 g/mol. The molecule has 1 saturated heterocycles. The number of ether oxygens (including phenoxy) is 3. The normalized spacial score (nSPS) is 15.9. The molecule has 0 spiro atoms. The molecule has 4 heterocycles. The maximum atomic E-state index is 13.4. The third kappa shape index (κ3) is 6.44. The molecule has 2 aromatic rings. The summed E-state index contributed by atoms with van der Waals surface area (Å²) in [5, 5.41) is 12.2. The SMILES string of the molecule is COC(OC)c1nc2c(cc1CN1CCN(C)CC1=O)CCCN2C(=O)Nc1cc(OC(C)C)c(C#N)cn1. The molecule has 1 fully saturated rings. The quantitative estimate of drug-likeness (QED) is 0.505. The average Bonchev–Trinajstić information content (AvgIpc) is 2.90. The van der Waals surface area contributed by atoms with Crippen LogP contribution in [0.25, 0.3) is 0 Å². The number of nitriles is 1. The topological polar surface area (TPSA) is 133 Å². The largest absolute Gasteiger partial charge is 0.489 e. The summed E-state index contributed by atoms with van der Waals surface area (Å²) in [4.78, 5) is 40.5. The minimum atomic E-state index is -0.768. The van der Waals surface area contributed by atoms with Crippen molar-refractivity contribution in [3.63, 3.8) is 0 Å². The van der Waals surface area contributed by atoms with E-state index in [-0.39, 0.29) is 23.4 Å². The highest BCUT2D eigenvalue weighted by Crippen LogP contribution is 2.32. The van der Waals surface area contributed by atoms with Crippen LogP contribution in [0.5, 0.6) is 5.75 Å². The lowest BCUT2D eigenvalue weighted by molar-refractivity contribution is -0.136. The van der Waals surface area contributed by atoms with E-state index in [4.69, 9.17) is 19.2 Å². The van der Waals surface area contributed by atoms with Gasteiger partial charge < -0.3 is 19.1 Å². The third-order valence-electron chi connectivity index (χ3n) is 6.63. The van der Waals surface area contributed by atoms with Crippen LogP contribution in [-0.4, -0.2) is 85.3 Å². The predicted molar refractivity (Wildman–Crippen MR) is 143 cm³/mol. The number of methoxy groups -OCH3 is 2. The first kappa shape index (κ1) is 28.2. The number of carbonyl (C=O) groups is 2. The second kappa shape index (κ2) is 12.4. The van der Waals surface area contributed by atoms with Crippen LogP contribution in [0.15, 0.2) is 18.3 Å². The van der Waals surface area contributed by atoms with E-state index in [0.717, 1.165) is 30.5 Å². The van der Waals surface area contributed by atoms with Gasteiger partial charge in [-0.15, -0.1) is 0 Å². The van der Waals surface area contributed by atoms with E-state index in [9.17, 15) is 14.9 Å². The Bertz CT molecular complexity index is 1260. The number of fused-ring (bicyclic) bond motifs is 1. The highest BCUT2D eigenvalue weighted by atomic mass is 16.7. The predicted octanol–water partition coefficient (Wildman–Crippen LogP) is 2.69. The molecular formula is C27H35N7O5. The maximum absolute atomic E-state index is 13.4. The van der Waals surface area contributed by atoms with Gasteiger partial charge in [0.25, 0.3) is 0 Å². The van der Waals surface area contributed by atoms with Gasteiger partial charge in [0.15, 0.2) is 0 Å². The fraction of sp³-hybridized carbons (Fsp3) is 0.519. The molecule has 12 nitrogen and oxygen atoms in total. The monoisotopic (exact) mass is 537 g/mol. The molecule has 12 heteroatoms. The van der Waals surface area contributed by atoms with Crippen LogP contribution in [0.2, 0.25) is 0 Å². The summed E-state index contributed by atoms with van der Waals surface area (Å²) in [5.74, 6) is 1.17. The van der Waals surface area contributed by atoms with Gasteiger partial charge in [-0.2, -0.15) is 5.26 Å². The van der Waals surface area contributed by atoms with Crippen LogP contribution in [0, 0.1) is 11.3 Å². The van der Waals surface area contributed by atoms with Crippen molar-refractivity contribution in [2.45, 2.75) is 45.6 Å². The first-order valence-electron chi connectivity index (χ1n) is 12.9. The van der Waals surface area contributed by atoms with Crippen molar-refractivity contribution in [1.29, 1.82) is 5.26 Å². The first-order chi connectivity index (χ1) is 18.7.